The first-order valence-corrected chi connectivity index (χ1v) is 4.40. The zero-order chi connectivity index (χ0) is 10.7. The minimum atomic E-state index is -0.953. The molecule has 0 saturated carbocycles. The second-order valence-corrected chi connectivity index (χ2v) is 3.36. The highest BCUT2D eigenvalue weighted by atomic mass is 79.9. The molecule has 0 fully saturated rings. The Morgan fingerprint density at radius 2 is 2.07 bits per heavy atom. The second kappa shape index (κ2) is 4.29. The van der Waals surface area contributed by atoms with E-state index >= 15 is 0 Å². The van der Waals surface area contributed by atoms with Gasteiger partial charge in [0.1, 0.15) is 11.6 Å². The summed E-state index contributed by atoms with van der Waals surface area (Å²) in [4.78, 5) is 11.1. The molecular weight excluding hydrogens is 256 g/mol. The summed E-state index contributed by atoms with van der Waals surface area (Å²) in [6.07, 6.45) is -0.422. The predicted molar refractivity (Wildman–Crippen MR) is 48.6 cm³/mol. The van der Waals surface area contributed by atoms with Gasteiger partial charge in [-0.25, -0.2) is 8.78 Å². The van der Waals surface area contributed by atoms with E-state index in [2.05, 4.69) is 15.9 Å². The third-order valence-corrected chi connectivity index (χ3v) is 2.16. The van der Waals surface area contributed by atoms with Crippen LogP contribution in [0, 0.1) is 23.0 Å². The van der Waals surface area contributed by atoms with Gasteiger partial charge in [0.25, 0.3) is 0 Å². The summed E-state index contributed by atoms with van der Waals surface area (Å²) in [5.41, 5.74) is -0.278. The molecule has 1 aromatic rings. The van der Waals surface area contributed by atoms with Gasteiger partial charge in [-0.3, -0.25) is 4.79 Å². The lowest BCUT2D eigenvalue weighted by molar-refractivity contribution is 0.0993. The number of benzene rings is 1. The molecule has 0 amide bonds. The first kappa shape index (κ1) is 10.8. The van der Waals surface area contributed by atoms with E-state index in [0.717, 1.165) is 6.07 Å². The van der Waals surface area contributed by atoms with Gasteiger partial charge >= 0.3 is 0 Å². The minimum Gasteiger partial charge on any atom is -0.293 e. The van der Waals surface area contributed by atoms with Crippen LogP contribution in [0.4, 0.5) is 8.78 Å². The van der Waals surface area contributed by atoms with Gasteiger partial charge < -0.3 is 0 Å². The molecule has 72 valence electrons. The van der Waals surface area contributed by atoms with Crippen LogP contribution in [0.5, 0.6) is 0 Å². The zero-order valence-corrected chi connectivity index (χ0v) is 8.44. The molecule has 14 heavy (non-hydrogen) atoms. The Kier molecular flexibility index (Phi) is 3.31. The minimum absolute atomic E-state index is 0.000176. The molecule has 0 radical (unpaired) electrons. The van der Waals surface area contributed by atoms with Crippen LogP contribution >= 0.6 is 15.9 Å². The number of hydrogen-bond acceptors (Lipinski definition) is 2. The normalized spacial score (nSPS) is 9.57. The van der Waals surface area contributed by atoms with Gasteiger partial charge in [0, 0.05) is 6.07 Å². The van der Waals surface area contributed by atoms with Crippen molar-refractivity contribution in [2.45, 2.75) is 6.42 Å². The Morgan fingerprint density at radius 1 is 1.43 bits per heavy atom. The molecule has 0 spiro atoms. The Labute approximate surface area is 87.3 Å². The molecule has 0 aliphatic carbocycles. The monoisotopic (exact) mass is 259 g/mol. The Bertz CT molecular complexity index is 426. The number of hydrogen-bond donors (Lipinski definition) is 0. The van der Waals surface area contributed by atoms with Gasteiger partial charge in [0.2, 0.25) is 0 Å². The van der Waals surface area contributed by atoms with Crippen LogP contribution < -0.4 is 0 Å². The zero-order valence-electron chi connectivity index (χ0n) is 6.85. The summed E-state index contributed by atoms with van der Waals surface area (Å²) in [5, 5.41) is 8.23. The smallest absolute Gasteiger partial charge is 0.179 e. The molecular formula is C9H4BrF2NO. The number of halogens is 3. The lowest BCUT2D eigenvalue weighted by Crippen LogP contribution is -2.02. The highest BCUT2D eigenvalue weighted by molar-refractivity contribution is 9.10. The van der Waals surface area contributed by atoms with E-state index in [1.807, 2.05) is 0 Å². The number of carbonyl (C=O) groups excluding carboxylic acids is 1. The van der Waals surface area contributed by atoms with Crippen LogP contribution in [0.25, 0.3) is 0 Å². The summed E-state index contributed by atoms with van der Waals surface area (Å²) < 4.78 is 25.8. The topological polar surface area (TPSA) is 40.9 Å². The molecule has 1 aromatic carbocycles. The first-order chi connectivity index (χ1) is 6.56. The molecule has 0 aliphatic rings. The number of nitriles is 1. The summed E-state index contributed by atoms with van der Waals surface area (Å²) in [7, 11) is 0. The van der Waals surface area contributed by atoms with E-state index in [4.69, 9.17) is 5.26 Å². The number of rotatable bonds is 2. The van der Waals surface area contributed by atoms with Crippen molar-refractivity contribution in [3.05, 3.63) is 33.8 Å². The molecule has 0 aliphatic heterocycles. The largest absolute Gasteiger partial charge is 0.293 e. The standard InChI is InChI=1S/C9H4BrF2NO/c10-6-3-5(9(14)1-2-13)7(11)4-8(6)12/h3-4H,1H2. The van der Waals surface area contributed by atoms with Crippen LogP contribution in [0.15, 0.2) is 16.6 Å². The third kappa shape index (κ3) is 2.15. The average molecular weight is 260 g/mol. The fraction of sp³-hybridized carbons (Fsp3) is 0.111. The number of ketones is 1. The van der Waals surface area contributed by atoms with Crippen molar-refractivity contribution in [2.24, 2.45) is 0 Å². The molecule has 0 N–H and O–H groups in total. The summed E-state index contributed by atoms with van der Waals surface area (Å²) >= 11 is 2.82. The van der Waals surface area contributed by atoms with Crippen molar-refractivity contribution in [1.29, 1.82) is 5.26 Å². The SMILES string of the molecule is N#CCC(=O)c1cc(Br)c(F)cc1F. The van der Waals surface area contributed by atoms with Gasteiger partial charge in [-0.2, -0.15) is 5.26 Å². The van der Waals surface area contributed by atoms with Gasteiger partial charge in [0.05, 0.1) is 22.5 Å². The highest BCUT2D eigenvalue weighted by Gasteiger charge is 2.14. The lowest BCUT2D eigenvalue weighted by atomic mass is 10.1. The maximum Gasteiger partial charge on any atom is 0.179 e. The van der Waals surface area contributed by atoms with E-state index in [0.29, 0.717) is 6.07 Å². The fourth-order valence-corrected chi connectivity index (χ4v) is 1.25. The van der Waals surface area contributed by atoms with Crippen LogP contribution in [0.2, 0.25) is 0 Å². The second-order valence-electron chi connectivity index (χ2n) is 2.50. The van der Waals surface area contributed by atoms with Crippen LogP contribution in [0.1, 0.15) is 16.8 Å². The summed E-state index contributed by atoms with van der Waals surface area (Å²) in [6.45, 7) is 0. The van der Waals surface area contributed by atoms with E-state index in [1.165, 1.54) is 0 Å². The molecule has 1 rings (SSSR count). The lowest BCUT2D eigenvalue weighted by Gasteiger charge is -2.01. The number of carbonyl (C=O) groups is 1. The van der Waals surface area contributed by atoms with Gasteiger partial charge in [-0.1, -0.05) is 0 Å². The maximum atomic E-state index is 13.0. The fourth-order valence-electron chi connectivity index (χ4n) is 0.903. The molecule has 0 aromatic heterocycles. The average Bonchev–Trinajstić information content (AvgIpc) is 2.11. The quantitative estimate of drug-likeness (QED) is 0.606. The predicted octanol–water partition coefficient (Wildman–Crippen LogP) is 2.82. The first-order valence-electron chi connectivity index (χ1n) is 3.61. The molecule has 0 heterocycles. The Balaban J connectivity index is 3.17. The van der Waals surface area contributed by atoms with Gasteiger partial charge in [0.15, 0.2) is 5.78 Å². The maximum absolute atomic E-state index is 13.0. The highest BCUT2D eigenvalue weighted by Crippen LogP contribution is 2.20. The number of nitrogens with zero attached hydrogens (tertiary/aromatic N) is 1. The van der Waals surface area contributed by atoms with Crippen molar-refractivity contribution >= 4 is 21.7 Å². The van der Waals surface area contributed by atoms with E-state index in [1.54, 1.807) is 6.07 Å². The van der Waals surface area contributed by atoms with Crippen molar-refractivity contribution in [2.75, 3.05) is 0 Å². The molecule has 0 atom stereocenters. The van der Waals surface area contributed by atoms with Crippen LogP contribution in [-0.4, -0.2) is 5.78 Å². The summed E-state index contributed by atoms with van der Waals surface area (Å²) in [5.74, 6) is -2.40. The molecule has 0 saturated heterocycles. The Morgan fingerprint density at radius 3 is 2.64 bits per heavy atom. The third-order valence-electron chi connectivity index (χ3n) is 1.55. The van der Waals surface area contributed by atoms with E-state index < -0.39 is 23.8 Å². The van der Waals surface area contributed by atoms with Gasteiger partial charge in [-0.15, -0.1) is 0 Å². The van der Waals surface area contributed by atoms with E-state index in [-0.39, 0.29) is 10.0 Å². The van der Waals surface area contributed by atoms with Crippen molar-refractivity contribution in [1.82, 2.24) is 0 Å². The molecule has 0 unspecified atom stereocenters. The molecule has 2 nitrogen and oxygen atoms in total. The number of Topliss-reactive ketones (excluding diaryl/α,β-unsaturated/α-hetero) is 1. The van der Waals surface area contributed by atoms with Crippen LogP contribution in [0.3, 0.4) is 0 Å². The molecule has 5 heteroatoms. The van der Waals surface area contributed by atoms with Crippen molar-refractivity contribution in [3.63, 3.8) is 0 Å². The molecule has 0 bridgehead atoms. The van der Waals surface area contributed by atoms with Crippen molar-refractivity contribution in [3.8, 4) is 6.07 Å². The Hall–Kier alpha value is -1.28. The summed E-state index contributed by atoms with van der Waals surface area (Å²) in [6, 6.07) is 3.24. The van der Waals surface area contributed by atoms with E-state index in [9.17, 15) is 13.6 Å². The van der Waals surface area contributed by atoms with Gasteiger partial charge in [-0.05, 0) is 22.0 Å². The van der Waals surface area contributed by atoms with Crippen molar-refractivity contribution < 1.29 is 13.6 Å². The van der Waals surface area contributed by atoms with Crippen LogP contribution in [-0.2, 0) is 0 Å².